The first-order chi connectivity index (χ1) is 13.5. The lowest BCUT2D eigenvalue weighted by Crippen LogP contribution is -2.24. The van der Waals surface area contributed by atoms with Gasteiger partial charge in [0.05, 0.1) is 4.90 Å². The highest BCUT2D eigenvalue weighted by molar-refractivity contribution is 7.89. The predicted octanol–water partition coefficient (Wildman–Crippen LogP) is 3.76. The van der Waals surface area contributed by atoms with Crippen LogP contribution in [0.5, 0.6) is 0 Å². The summed E-state index contributed by atoms with van der Waals surface area (Å²) in [7, 11) is -1.94. The van der Waals surface area contributed by atoms with Crippen molar-refractivity contribution in [3.63, 3.8) is 0 Å². The molecule has 6 nitrogen and oxygen atoms in total. The van der Waals surface area contributed by atoms with Gasteiger partial charge >= 0.3 is 0 Å². The van der Waals surface area contributed by atoms with Crippen LogP contribution in [0, 0.1) is 5.82 Å². The maximum absolute atomic E-state index is 13.3. The minimum atomic E-state index is -3.57. The second-order valence-corrected chi connectivity index (χ2v) is 7.93. The monoisotopic (exact) mass is 400 g/mol. The number of rotatable bonds is 8. The second-order valence-electron chi connectivity index (χ2n) is 6.16. The molecule has 3 aromatic rings. The molecule has 146 valence electrons. The molecule has 0 aliphatic carbocycles. The first-order valence-electron chi connectivity index (χ1n) is 8.80. The number of aliphatic imine (C=N–C) groups is 2. The SMILES string of the molecule is C/N=C\N=C/CCCNS(=O)(=O)c1ccc(-c2c[nH]c3cc(F)ccc23)cc1. The van der Waals surface area contributed by atoms with E-state index < -0.39 is 10.0 Å². The Labute approximate surface area is 163 Å². The van der Waals surface area contributed by atoms with Gasteiger partial charge in [-0.2, -0.15) is 0 Å². The van der Waals surface area contributed by atoms with Gasteiger partial charge in [-0.05, 0) is 48.7 Å². The van der Waals surface area contributed by atoms with Gasteiger partial charge in [0.2, 0.25) is 10.0 Å². The van der Waals surface area contributed by atoms with Crippen molar-refractivity contribution in [3.05, 3.63) is 54.5 Å². The molecule has 0 aliphatic heterocycles. The van der Waals surface area contributed by atoms with Gasteiger partial charge in [-0.25, -0.2) is 22.5 Å². The Hall–Kier alpha value is -2.84. The quantitative estimate of drug-likeness (QED) is 0.343. The first-order valence-corrected chi connectivity index (χ1v) is 10.3. The van der Waals surface area contributed by atoms with Gasteiger partial charge in [-0.15, -0.1) is 0 Å². The average molecular weight is 400 g/mol. The normalized spacial score (nSPS) is 12.5. The van der Waals surface area contributed by atoms with Crippen LogP contribution in [0.1, 0.15) is 12.8 Å². The molecule has 0 saturated heterocycles. The molecule has 0 spiro atoms. The number of halogens is 1. The number of H-pyrrole nitrogens is 1. The summed E-state index contributed by atoms with van der Waals surface area (Å²) in [6, 6.07) is 11.2. The fraction of sp³-hybridized carbons (Fsp3) is 0.200. The highest BCUT2D eigenvalue weighted by Gasteiger charge is 2.14. The predicted molar refractivity (Wildman–Crippen MR) is 111 cm³/mol. The Bertz CT molecular complexity index is 1100. The van der Waals surface area contributed by atoms with Gasteiger partial charge in [0.25, 0.3) is 0 Å². The number of fused-ring (bicyclic) bond motifs is 1. The zero-order valence-corrected chi connectivity index (χ0v) is 16.2. The van der Waals surface area contributed by atoms with Crippen LogP contribution < -0.4 is 4.72 Å². The molecular formula is C20H21FN4O2S. The summed E-state index contributed by atoms with van der Waals surface area (Å²) in [5, 5.41) is 0.880. The van der Waals surface area contributed by atoms with Crippen LogP contribution in [0.15, 0.2) is 63.5 Å². The number of sulfonamides is 1. The van der Waals surface area contributed by atoms with E-state index in [1.807, 2.05) is 0 Å². The van der Waals surface area contributed by atoms with Gasteiger partial charge in [0, 0.05) is 42.5 Å². The van der Waals surface area contributed by atoms with E-state index in [1.165, 1.54) is 18.5 Å². The van der Waals surface area contributed by atoms with Gasteiger partial charge in [-0.1, -0.05) is 12.1 Å². The van der Waals surface area contributed by atoms with Crippen molar-refractivity contribution in [2.24, 2.45) is 9.98 Å². The van der Waals surface area contributed by atoms with Crippen LogP contribution in [0.4, 0.5) is 4.39 Å². The Balaban J connectivity index is 1.67. The fourth-order valence-electron chi connectivity index (χ4n) is 2.82. The van der Waals surface area contributed by atoms with Crippen molar-refractivity contribution < 1.29 is 12.8 Å². The maximum atomic E-state index is 13.3. The van der Waals surface area contributed by atoms with Crippen LogP contribution in [0.3, 0.4) is 0 Å². The van der Waals surface area contributed by atoms with Gasteiger partial charge in [-0.3, -0.25) is 4.99 Å². The van der Waals surface area contributed by atoms with Gasteiger partial charge in [0.15, 0.2) is 0 Å². The summed E-state index contributed by atoms with van der Waals surface area (Å²) >= 11 is 0. The Morgan fingerprint density at radius 1 is 1.18 bits per heavy atom. The van der Waals surface area contributed by atoms with Crippen molar-refractivity contribution in [2.75, 3.05) is 13.6 Å². The zero-order valence-electron chi connectivity index (χ0n) is 15.4. The third-order valence-corrected chi connectivity index (χ3v) is 5.69. The standard InChI is InChI=1S/C20H21FN4O2S/c1-22-14-23-10-2-3-11-25-28(26,27)17-7-4-15(5-8-17)19-13-24-20-12-16(21)6-9-18(19)20/h4-10,12-14,24-25H,2-3,11H2,1H3/b22-14-,23-10-. The van der Waals surface area contributed by atoms with Crippen LogP contribution >= 0.6 is 0 Å². The molecule has 0 saturated carbocycles. The fourth-order valence-corrected chi connectivity index (χ4v) is 3.90. The van der Waals surface area contributed by atoms with E-state index in [0.29, 0.717) is 24.9 Å². The Morgan fingerprint density at radius 2 is 1.96 bits per heavy atom. The molecule has 0 fully saturated rings. The summed E-state index contributed by atoms with van der Waals surface area (Å²) in [6.07, 6.45) is 6.23. The zero-order chi connectivity index (χ0) is 20.0. The van der Waals surface area contributed by atoms with E-state index in [-0.39, 0.29) is 10.7 Å². The minimum absolute atomic E-state index is 0.203. The smallest absolute Gasteiger partial charge is 0.240 e. The average Bonchev–Trinajstić information content (AvgIpc) is 3.10. The highest BCUT2D eigenvalue weighted by Crippen LogP contribution is 2.29. The third kappa shape index (κ3) is 4.71. The van der Waals surface area contributed by atoms with Crippen molar-refractivity contribution in [1.29, 1.82) is 0 Å². The van der Waals surface area contributed by atoms with Crippen LogP contribution in [-0.4, -0.2) is 39.5 Å². The molecule has 0 aliphatic rings. The lowest BCUT2D eigenvalue weighted by Gasteiger charge is -2.07. The van der Waals surface area contributed by atoms with Crippen molar-refractivity contribution in [2.45, 2.75) is 17.7 Å². The molecule has 2 aromatic carbocycles. The lowest BCUT2D eigenvalue weighted by molar-refractivity contribution is 0.580. The maximum Gasteiger partial charge on any atom is 0.240 e. The van der Waals surface area contributed by atoms with Crippen molar-refractivity contribution in [3.8, 4) is 11.1 Å². The van der Waals surface area contributed by atoms with Gasteiger partial charge < -0.3 is 4.98 Å². The Morgan fingerprint density at radius 3 is 2.71 bits per heavy atom. The van der Waals surface area contributed by atoms with E-state index >= 15 is 0 Å². The minimum Gasteiger partial charge on any atom is -0.360 e. The number of aromatic nitrogens is 1. The number of nitrogens with zero attached hydrogens (tertiary/aromatic N) is 2. The topological polar surface area (TPSA) is 86.7 Å². The number of aromatic amines is 1. The molecule has 1 heterocycles. The van der Waals surface area contributed by atoms with E-state index in [1.54, 1.807) is 49.8 Å². The summed E-state index contributed by atoms with van der Waals surface area (Å²) in [5.41, 5.74) is 2.44. The molecule has 0 radical (unpaired) electrons. The second kappa shape index (κ2) is 8.90. The van der Waals surface area contributed by atoms with E-state index in [4.69, 9.17) is 0 Å². The number of benzene rings is 2. The first kappa shape index (κ1) is 19.9. The Kier molecular flexibility index (Phi) is 6.33. The van der Waals surface area contributed by atoms with E-state index in [9.17, 15) is 12.8 Å². The molecule has 0 bridgehead atoms. The molecule has 2 N–H and O–H groups in total. The van der Waals surface area contributed by atoms with Crippen molar-refractivity contribution in [1.82, 2.24) is 9.71 Å². The molecule has 0 unspecified atom stereocenters. The third-order valence-electron chi connectivity index (χ3n) is 4.21. The number of hydrogen-bond donors (Lipinski definition) is 2. The van der Waals surface area contributed by atoms with E-state index in [2.05, 4.69) is 19.7 Å². The molecular weight excluding hydrogens is 379 g/mol. The van der Waals surface area contributed by atoms with Crippen molar-refractivity contribution >= 4 is 33.5 Å². The van der Waals surface area contributed by atoms with Crippen LogP contribution in [0.2, 0.25) is 0 Å². The highest BCUT2D eigenvalue weighted by atomic mass is 32.2. The summed E-state index contributed by atoms with van der Waals surface area (Å²) in [6.45, 7) is 0.327. The molecule has 8 heteroatoms. The molecule has 0 atom stereocenters. The molecule has 3 rings (SSSR count). The molecule has 28 heavy (non-hydrogen) atoms. The number of unbranched alkanes of at least 4 members (excludes halogenated alkanes) is 1. The lowest BCUT2D eigenvalue weighted by atomic mass is 10.1. The molecule has 0 amide bonds. The van der Waals surface area contributed by atoms with Crippen LogP contribution in [0.25, 0.3) is 22.0 Å². The largest absolute Gasteiger partial charge is 0.360 e. The molecule has 1 aromatic heterocycles. The number of hydrogen-bond acceptors (Lipinski definition) is 3. The number of nitrogens with one attached hydrogen (secondary N) is 2. The van der Waals surface area contributed by atoms with E-state index in [0.717, 1.165) is 16.5 Å². The summed E-state index contributed by atoms with van der Waals surface area (Å²) in [4.78, 5) is 10.9. The van der Waals surface area contributed by atoms with Gasteiger partial charge in [0.1, 0.15) is 12.2 Å². The summed E-state index contributed by atoms with van der Waals surface area (Å²) in [5.74, 6) is -0.307. The summed E-state index contributed by atoms with van der Waals surface area (Å²) < 4.78 is 40.7. The van der Waals surface area contributed by atoms with Crippen LogP contribution in [-0.2, 0) is 10.0 Å².